The van der Waals surface area contributed by atoms with E-state index in [-0.39, 0.29) is 18.4 Å². The molecule has 0 aliphatic carbocycles. The number of carbonyl (C=O) groups excluding carboxylic acids is 2. The molecule has 2 amide bonds. The molecular weight excluding hydrogens is 424 g/mol. The van der Waals surface area contributed by atoms with Crippen LogP contribution in [-0.4, -0.2) is 52.8 Å². The van der Waals surface area contributed by atoms with E-state index >= 15 is 0 Å². The topological polar surface area (TPSA) is 76.5 Å². The summed E-state index contributed by atoms with van der Waals surface area (Å²) in [6, 6.07) is 13.2. The van der Waals surface area contributed by atoms with Crippen molar-refractivity contribution in [2.24, 2.45) is 0 Å². The standard InChI is InChI=1S/C20H19BrN4O3/c21-15-11-14-3-1-2-4-16(14)17(12-15)20(27)22-18-5-6-25(23-18)13-19(26)24-7-9-28-10-8-24/h1-6,11-12H,7-10,13H2,(H,22,23,27). The van der Waals surface area contributed by atoms with Crippen LogP contribution in [0.4, 0.5) is 5.82 Å². The van der Waals surface area contributed by atoms with Crippen LogP contribution in [0.25, 0.3) is 10.8 Å². The minimum absolute atomic E-state index is 0.0118. The van der Waals surface area contributed by atoms with Crippen LogP contribution in [0.5, 0.6) is 0 Å². The van der Waals surface area contributed by atoms with E-state index in [0.717, 1.165) is 15.2 Å². The van der Waals surface area contributed by atoms with Crippen LogP contribution in [0.1, 0.15) is 10.4 Å². The molecule has 144 valence electrons. The zero-order chi connectivity index (χ0) is 19.5. The van der Waals surface area contributed by atoms with Gasteiger partial charge in [0.25, 0.3) is 5.91 Å². The Kier molecular flexibility index (Phi) is 5.40. The molecular formula is C20H19BrN4O3. The number of benzene rings is 2. The zero-order valence-corrected chi connectivity index (χ0v) is 16.7. The Labute approximate surface area is 170 Å². The van der Waals surface area contributed by atoms with Crippen LogP contribution in [0.15, 0.2) is 53.1 Å². The van der Waals surface area contributed by atoms with Gasteiger partial charge in [-0.2, -0.15) is 5.10 Å². The average Bonchev–Trinajstić information content (AvgIpc) is 3.14. The number of nitrogens with zero attached hydrogens (tertiary/aromatic N) is 3. The molecule has 28 heavy (non-hydrogen) atoms. The molecule has 8 heteroatoms. The molecule has 2 heterocycles. The molecule has 3 aromatic rings. The van der Waals surface area contributed by atoms with Gasteiger partial charge in [0.1, 0.15) is 6.54 Å². The van der Waals surface area contributed by atoms with Gasteiger partial charge in [0.15, 0.2) is 5.82 Å². The summed E-state index contributed by atoms with van der Waals surface area (Å²) in [4.78, 5) is 26.9. The quantitative estimate of drug-likeness (QED) is 0.673. The Hall–Kier alpha value is -2.71. The van der Waals surface area contributed by atoms with E-state index in [1.54, 1.807) is 23.2 Å². The van der Waals surface area contributed by atoms with Gasteiger partial charge in [-0.15, -0.1) is 0 Å². The molecule has 0 radical (unpaired) electrons. The van der Waals surface area contributed by atoms with Gasteiger partial charge in [0.2, 0.25) is 5.91 Å². The summed E-state index contributed by atoms with van der Waals surface area (Å²) in [6.45, 7) is 2.45. The molecule has 1 aliphatic rings. The molecule has 7 nitrogen and oxygen atoms in total. The van der Waals surface area contributed by atoms with E-state index < -0.39 is 0 Å². The van der Waals surface area contributed by atoms with Gasteiger partial charge in [0, 0.05) is 35.4 Å². The van der Waals surface area contributed by atoms with Crippen molar-refractivity contribution in [2.45, 2.75) is 6.54 Å². The zero-order valence-electron chi connectivity index (χ0n) is 15.1. The first-order valence-electron chi connectivity index (χ1n) is 8.99. The Balaban J connectivity index is 1.47. The second kappa shape index (κ2) is 8.12. The fourth-order valence-electron chi connectivity index (χ4n) is 3.21. The van der Waals surface area contributed by atoms with Gasteiger partial charge in [-0.25, -0.2) is 0 Å². The van der Waals surface area contributed by atoms with Crippen molar-refractivity contribution < 1.29 is 14.3 Å². The van der Waals surface area contributed by atoms with Gasteiger partial charge in [-0.1, -0.05) is 40.2 Å². The first-order valence-corrected chi connectivity index (χ1v) is 9.78. The lowest BCUT2D eigenvalue weighted by Crippen LogP contribution is -2.42. The smallest absolute Gasteiger partial charge is 0.257 e. The summed E-state index contributed by atoms with van der Waals surface area (Å²) in [5.41, 5.74) is 0.559. The van der Waals surface area contributed by atoms with Crippen molar-refractivity contribution in [1.82, 2.24) is 14.7 Å². The van der Waals surface area contributed by atoms with Gasteiger partial charge >= 0.3 is 0 Å². The number of halogens is 1. The van der Waals surface area contributed by atoms with Gasteiger partial charge in [0.05, 0.1) is 13.2 Å². The highest BCUT2D eigenvalue weighted by molar-refractivity contribution is 9.10. The lowest BCUT2D eigenvalue weighted by molar-refractivity contribution is -0.136. The van der Waals surface area contributed by atoms with Crippen LogP contribution in [0.2, 0.25) is 0 Å². The predicted octanol–water partition coefficient (Wildman–Crippen LogP) is 2.91. The molecule has 0 bridgehead atoms. The second-order valence-electron chi connectivity index (χ2n) is 6.52. The highest BCUT2D eigenvalue weighted by Crippen LogP contribution is 2.25. The molecule has 0 spiro atoms. The van der Waals surface area contributed by atoms with Crippen molar-refractivity contribution >= 4 is 44.3 Å². The van der Waals surface area contributed by atoms with Crippen molar-refractivity contribution in [3.8, 4) is 0 Å². The van der Waals surface area contributed by atoms with Crippen LogP contribution in [0, 0.1) is 0 Å². The normalized spacial score (nSPS) is 14.2. The number of anilines is 1. The van der Waals surface area contributed by atoms with E-state index in [0.29, 0.717) is 37.7 Å². The molecule has 0 unspecified atom stereocenters. The molecule has 1 aliphatic heterocycles. The van der Waals surface area contributed by atoms with Gasteiger partial charge in [-0.3, -0.25) is 14.3 Å². The predicted molar refractivity (Wildman–Crippen MR) is 109 cm³/mol. The highest BCUT2D eigenvalue weighted by atomic mass is 79.9. The molecule has 1 N–H and O–H groups in total. The van der Waals surface area contributed by atoms with E-state index in [4.69, 9.17) is 4.74 Å². The lowest BCUT2D eigenvalue weighted by Gasteiger charge is -2.26. The Morgan fingerprint density at radius 2 is 1.93 bits per heavy atom. The third-order valence-corrected chi connectivity index (χ3v) is 5.07. The summed E-state index contributed by atoms with van der Waals surface area (Å²) >= 11 is 3.46. The SMILES string of the molecule is O=C(Nc1ccn(CC(=O)N2CCOCC2)n1)c1cc(Br)cc2ccccc12. The third kappa shape index (κ3) is 4.07. The number of amides is 2. The maximum Gasteiger partial charge on any atom is 0.257 e. The Bertz CT molecular complexity index is 1030. The van der Waals surface area contributed by atoms with E-state index in [1.165, 1.54) is 4.68 Å². The molecule has 1 aromatic heterocycles. The monoisotopic (exact) mass is 442 g/mol. The van der Waals surface area contributed by atoms with Crippen LogP contribution >= 0.6 is 15.9 Å². The molecule has 0 atom stereocenters. The average molecular weight is 443 g/mol. The largest absolute Gasteiger partial charge is 0.378 e. The number of carbonyl (C=O) groups is 2. The number of ether oxygens (including phenoxy) is 1. The number of hydrogen-bond donors (Lipinski definition) is 1. The number of fused-ring (bicyclic) bond motifs is 1. The van der Waals surface area contributed by atoms with Crippen LogP contribution in [-0.2, 0) is 16.1 Å². The second-order valence-corrected chi connectivity index (χ2v) is 7.44. The summed E-state index contributed by atoms with van der Waals surface area (Å²) in [7, 11) is 0. The first kappa shape index (κ1) is 18.6. The summed E-state index contributed by atoms with van der Waals surface area (Å²) in [5, 5.41) is 8.96. The van der Waals surface area contributed by atoms with Crippen molar-refractivity contribution in [3.05, 3.63) is 58.7 Å². The summed E-state index contributed by atoms with van der Waals surface area (Å²) < 4.78 is 7.63. The maximum absolute atomic E-state index is 12.8. The molecule has 1 saturated heterocycles. The minimum atomic E-state index is -0.248. The summed E-state index contributed by atoms with van der Waals surface area (Å²) in [6.07, 6.45) is 1.69. The lowest BCUT2D eigenvalue weighted by atomic mass is 10.0. The highest BCUT2D eigenvalue weighted by Gasteiger charge is 2.18. The maximum atomic E-state index is 12.8. The van der Waals surface area contributed by atoms with Crippen molar-refractivity contribution in [1.29, 1.82) is 0 Å². The van der Waals surface area contributed by atoms with Gasteiger partial charge < -0.3 is 15.0 Å². The van der Waals surface area contributed by atoms with E-state index in [9.17, 15) is 9.59 Å². The fourth-order valence-corrected chi connectivity index (χ4v) is 3.69. The van der Waals surface area contributed by atoms with Crippen molar-refractivity contribution in [2.75, 3.05) is 31.6 Å². The number of nitrogens with one attached hydrogen (secondary N) is 1. The molecule has 1 fully saturated rings. The Morgan fingerprint density at radius 1 is 1.14 bits per heavy atom. The Morgan fingerprint density at radius 3 is 2.75 bits per heavy atom. The van der Waals surface area contributed by atoms with Gasteiger partial charge in [-0.05, 0) is 22.9 Å². The van der Waals surface area contributed by atoms with E-state index in [1.807, 2.05) is 30.3 Å². The number of hydrogen-bond acceptors (Lipinski definition) is 4. The fraction of sp³-hybridized carbons (Fsp3) is 0.250. The molecule has 0 saturated carbocycles. The summed E-state index contributed by atoms with van der Waals surface area (Å²) in [5.74, 6) is 0.147. The van der Waals surface area contributed by atoms with Crippen LogP contribution < -0.4 is 5.32 Å². The van der Waals surface area contributed by atoms with Crippen molar-refractivity contribution in [3.63, 3.8) is 0 Å². The first-order chi connectivity index (χ1) is 13.6. The number of aromatic nitrogens is 2. The minimum Gasteiger partial charge on any atom is -0.378 e. The molecule has 2 aromatic carbocycles. The van der Waals surface area contributed by atoms with E-state index in [2.05, 4.69) is 26.3 Å². The number of rotatable bonds is 4. The number of morpholine rings is 1. The van der Waals surface area contributed by atoms with Crippen LogP contribution in [0.3, 0.4) is 0 Å². The third-order valence-electron chi connectivity index (χ3n) is 4.61. The molecule has 4 rings (SSSR count).